The molecule has 0 heterocycles. The van der Waals surface area contributed by atoms with E-state index < -0.39 is 0 Å². The predicted molar refractivity (Wildman–Crippen MR) is 97.9 cm³/mol. The molecule has 4 heteroatoms. The summed E-state index contributed by atoms with van der Waals surface area (Å²) in [4.78, 5) is 14.6. The van der Waals surface area contributed by atoms with Crippen molar-refractivity contribution in [1.82, 2.24) is 10.2 Å². The van der Waals surface area contributed by atoms with Crippen LogP contribution in [0, 0.1) is 18.8 Å². The summed E-state index contributed by atoms with van der Waals surface area (Å²) in [6.07, 6.45) is 3.96. The zero-order valence-corrected chi connectivity index (χ0v) is 15.5. The fourth-order valence-electron chi connectivity index (χ4n) is 3.65. The number of amides is 2. The molecule has 2 amide bonds. The fourth-order valence-corrected chi connectivity index (χ4v) is 3.65. The Bertz CT molecular complexity index is 536. The van der Waals surface area contributed by atoms with Crippen molar-refractivity contribution in [2.75, 3.05) is 13.7 Å². The van der Waals surface area contributed by atoms with E-state index in [0.29, 0.717) is 11.8 Å². The van der Waals surface area contributed by atoms with Gasteiger partial charge in [-0.15, -0.1) is 0 Å². The van der Waals surface area contributed by atoms with Crippen LogP contribution in [0.4, 0.5) is 4.79 Å². The maximum Gasteiger partial charge on any atom is 0.317 e. The molecule has 1 saturated carbocycles. The minimum atomic E-state index is 0.00408. The minimum absolute atomic E-state index is 0.00408. The highest BCUT2D eigenvalue weighted by molar-refractivity contribution is 5.75. The second kappa shape index (κ2) is 8.52. The summed E-state index contributed by atoms with van der Waals surface area (Å²) in [5, 5.41) is 12.5. The Morgan fingerprint density at radius 1 is 1.25 bits per heavy atom. The zero-order valence-electron chi connectivity index (χ0n) is 15.5. The molecule has 1 atom stereocenters. The standard InChI is InChI=1S/C20H32N2O2/c1-14(2)19(18-8-6-5-7-15(18)3)21-20(24)22(4)17-11-9-16(13-23)10-12-17/h5-8,14,16-17,19,23H,9-13H2,1-4H3,(H,21,24). The van der Waals surface area contributed by atoms with Gasteiger partial charge >= 0.3 is 6.03 Å². The average Bonchev–Trinajstić information content (AvgIpc) is 2.59. The van der Waals surface area contributed by atoms with Gasteiger partial charge in [-0.2, -0.15) is 0 Å². The van der Waals surface area contributed by atoms with Crippen molar-refractivity contribution in [3.8, 4) is 0 Å². The van der Waals surface area contributed by atoms with Crippen LogP contribution in [0.15, 0.2) is 24.3 Å². The molecule has 0 spiro atoms. The Morgan fingerprint density at radius 3 is 2.42 bits per heavy atom. The van der Waals surface area contributed by atoms with Gasteiger partial charge in [-0.1, -0.05) is 38.1 Å². The summed E-state index contributed by atoms with van der Waals surface area (Å²) in [6.45, 7) is 6.65. The first-order chi connectivity index (χ1) is 11.4. The molecule has 24 heavy (non-hydrogen) atoms. The van der Waals surface area contributed by atoms with E-state index in [9.17, 15) is 9.90 Å². The Labute approximate surface area is 146 Å². The number of benzene rings is 1. The SMILES string of the molecule is Cc1ccccc1C(NC(=O)N(C)C1CCC(CO)CC1)C(C)C. The van der Waals surface area contributed by atoms with Crippen LogP contribution in [0.5, 0.6) is 0 Å². The molecule has 0 aromatic heterocycles. The Morgan fingerprint density at radius 2 is 1.88 bits per heavy atom. The molecule has 0 radical (unpaired) electrons. The molecule has 1 fully saturated rings. The Balaban J connectivity index is 2.02. The van der Waals surface area contributed by atoms with E-state index in [1.165, 1.54) is 11.1 Å². The maximum absolute atomic E-state index is 12.8. The number of aliphatic hydroxyl groups is 1. The highest BCUT2D eigenvalue weighted by Gasteiger charge is 2.28. The minimum Gasteiger partial charge on any atom is -0.396 e. The monoisotopic (exact) mass is 332 g/mol. The van der Waals surface area contributed by atoms with Crippen molar-refractivity contribution in [3.63, 3.8) is 0 Å². The molecule has 1 aliphatic carbocycles. The quantitative estimate of drug-likeness (QED) is 0.859. The van der Waals surface area contributed by atoms with E-state index in [0.717, 1.165) is 25.7 Å². The lowest BCUT2D eigenvalue weighted by molar-refractivity contribution is 0.131. The fraction of sp³-hybridized carbons (Fsp3) is 0.650. The summed E-state index contributed by atoms with van der Waals surface area (Å²) in [6, 6.07) is 8.56. The highest BCUT2D eigenvalue weighted by Crippen LogP contribution is 2.28. The van der Waals surface area contributed by atoms with Crippen molar-refractivity contribution < 1.29 is 9.90 Å². The molecular formula is C20H32N2O2. The van der Waals surface area contributed by atoms with Gasteiger partial charge in [0, 0.05) is 19.7 Å². The number of nitrogens with one attached hydrogen (secondary N) is 1. The van der Waals surface area contributed by atoms with E-state index >= 15 is 0 Å². The normalized spacial score (nSPS) is 22.2. The van der Waals surface area contributed by atoms with E-state index in [1.54, 1.807) is 0 Å². The molecule has 0 aliphatic heterocycles. The van der Waals surface area contributed by atoms with E-state index in [4.69, 9.17) is 0 Å². The first-order valence-corrected chi connectivity index (χ1v) is 9.13. The van der Waals surface area contributed by atoms with E-state index in [-0.39, 0.29) is 24.7 Å². The number of aliphatic hydroxyl groups excluding tert-OH is 1. The van der Waals surface area contributed by atoms with Gasteiger partial charge in [0.15, 0.2) is 0 Å². The van der Waals surface area contributed by atoms with Gasteiger partial charge in [0.1, 0.15) is 0 Å². The summed E-state index contributed by atoms with van der Waals surface area (Å²) >= 11 is 0. The lowest BCUT2D eigenvalue weighted by atomic mass is 9.86. The number of carbonyl (C=O) groups is 1. The third-order valence-corrected chi connectivity index (χ3v) is 5.41. The predicted octanol–water partition coefficient (Wildman–Crippen LogP) is 3.88. The number of carbonyl (C=O) groups excluding carboxylic acids is 1. The van der Waals surface area contributed by atoms with Gasteiger partial charge in [-0.05, 0) is 55.6 Å². The number of hydrogen-bond donors (Lipinski definition) is 2. The highest BCUT2D eigenvalue weighted by atomic mass is 16.3. The Hall–Kier alpha value is -1.55. The second-order valence-electron chi connectivity index (χ2n) is 7.50. The number of urea groups is 1. The van der Waals surface area contributed by atoms with Crippen LogP contribution in [-0.4, -0.2) is 35.7 Å². The molecule has 134 valence electrons. The summed E-state index contributed by atoms with van der Waals surface area (Å²) in [7, 11) is 1.90. The van der Waals surface area contributed by atoms with Gasteiger partial charge in [-0.3, -0.25) is 0 Å². The second-order valence-corrected chi connectivity index (χ2v) is 7.50. The van der Waals surface area contributed by atoms with Crippen molar-refractivity contribution in [2.24, 2.45) is 11.8 Å². The van der Waals surface area contributed by atoms with Crippen LogP contribution in [0.3, 0.4) is 0 Å². The molecule has 1 aromatic carbocycles. The van der Waals surface area contributed by atoms with Crippen molar-refractivity contribution >= 4 is 6.03 Å². The lowest BCUT2D eigenvalue weighted by Gasteiger charge is -2.35. The van der Waals surface area contributed by atoms with Gasteiger partial charge in [0.2, 0.25) is 0 Å². The largest absolute Gasteiger partial charge is 0.396 e. The Kier molecular flexibility index (Phi) is 6.67. The first-order valence-electron chi connectivity index (χ1n) is 9.13. The number of nitrogens with zero attached hydrogens (tertiary/aromatic N) is 1. The maximum atomic E-state index is 12.8. The molecular weight excluding hydrogens is 300 g/mol. The van der Waals surface area contributed by atoms with Crippen LogP contribution in [-0.2, 0) is 0 Å². The van der Waals surface area contributed by atoms with E-state index in [1.807, 2.05) is 24.1 Å². The van der Waals surface area contributed by atoms with Crippen molar-refractivity contribution in [1.29, 1.82) is 0 Å². The van der Waals surface area contributed by atoms with Crippen LogP contribution < -0.4 is 5.32 Å². The molecule has 0 saturated heterocycles. The third kappa shape index (κ3) is 4.50. The average molecular weight is 332 g/mol. The summed E-state index contributed by atoms with van der Waals surface area (Å²) < 4.78 is 0. The number of aryl methyl sites for hydroxylation is 1. The van der Waals surface area contributed by atoms with Crippen LogP contribution >= 0.6 is 0 Å². The van der Waals surface area contributed by atoms with Gasteiger partial charge < -0.3 is 15.3 Å². The lowest BCUT2D eigenvalue weighted by Crippen LogP contribution is -2.47. The molecule has 4 nitrogen and oxygen atoms in total. The molecule has 1 aliphatic rings. The zero-order chi connectivity index (χ0) is 17.7. The van der Waals surface area contributed by atoms with Crippen LogP contribution in [0.2, 0.25) is 0 Å². The topological polar surface area (TPSA) is 52.6 Å². The summed E-state index contributed by atoms with van der Waals surface area (Å²) in [5.74, 6) is 0.738. The molecule has 1 unspecified atom stereocenters. The number of hydrogen-bond acceptors (Lipinski definition) is 2. The molecule has 1 aromatic rings. The van der Waals surface area contributed by atoms with Crippen LogP contribution in [0.1, 0.15) is 56.7 Å². The third-order valence-electron chi connectivity index (χ3n) is 5.41. The van der Waals surface area contributed by atoms with Crippen LogP contribution in [0.25, 0.3) is 0 Å². The van der Waals surface area contributed by atoms with E-state index in [2.05, 4.69) is 38.2 Å². The smallest absolute Gasteiger partial charge is 0.317 e. The first kappa shape index (κ1) is 18.8. The van der Waals surface area contributed by atoms with Gasteiger partial charge in [-0.25, -0.2) is 4.79 Å². The molecule has 0 bridgehead atoms. The molecule has 2 rings (SSSR count). The van der Waals surface area contributed by atoms with Crippen molar-refractivity contribution in [2.45, 2.75) is 58.5 Å². The summed E-state index contributed by atoms with van der Waals surface area (Å²) in [5.41, 5.74) is 2.40. The molecule has 2 N–H and O–H groups in total. The van der Waals surface area contributed by atoms with Gasteiger partial charge in [0.25, 0.3) is 0 Å². The van der Waals surface area contributed by atoms with Crippen molar-refractivity contribution in [3.05, 3.63) is 35.4 Å². The van der Waals surface area contributed by atoms with Gasteiger partial charge in [0.05, 0.1) is 6.04 Å². The number of rotatable bonds is 5.